The van der Waals surface area contributed by atoms with Gasteiger partial charge in [-0.2, -0.15) is 0 Å². The summed E-state index contributed by atoms with van der Waals surface area (Å²) in [4.78, 5) is 34.2. The van der Waals surface area contributed by atoms with Gasteiger partial charge in [0.15, 0.2) is 10.4 Å². The van der Waals surface area contributed by atoms with Crippen LogP contribution in [-0.4, -0.2) is 35.5 Å². The first kappa shape index (κ1) is 15.6. The Morgan fingerprint density at radius 3 is 2.67 bits per heavy atom. The maximum atomic E-state index is 11.7. The van der Waals surface area contributed by atoms with E-state index < -0.39 is 17.8 Å². The maximum absolute atomic E-state index is 11.7. The summed E-state index contributed by atoms with van der Waals surface area (Å²) >= 11 is 3.08. The van der Waals surface area contributed by atoms with E-state index in [1.807, 2.05) is 0 Å². The summed E-state index contributed by atoms with van der Waals surface area (Å²) in [6.45, 7) is -0.175. The van der Waals surface area contributed by atoms with Gasteiger partial charge in [0.05, 0.1) is 12.5 Å². The predicted octanol–water partition coefficient (Wildman–Crippen LogP) is 1.14. The number of carboxylic acids is 1. The van der Waals surface area contributed by atoms with Gasteiger partial charge in [0.25, 0.3) is 5.91 Å². The molecule has 8 heteroatoms. The van der Waals surface area contributed by atoms with Crippen LogP contribution in [0.2, 0.25) is 0 Å². The van der Waals surface area contributed by atoms with Crippen molar-refractivity contribution in [3.05, 3.63) is 22.6 Å². The van der Waals surface area contributed by atoms with Crippen LogP contribution in [0.25, 0.3) is 0 Å². The molecule has 3 N–H and O–H groups in total. The first-order valence-electron chi connectivity index (χ1n) is 6.51. The lowest BCUT2D eigenvalue weighted by Crippen LogP contribution is -2.41. The summed E-state index contributed by atoms with van der Waals surface area (Å²) in [5, 5.41) is 14.0. The van der Waals surface area contributed by atoms with Gasteiger partial charge in [-0.15, -0.1) is 0 Å². The van der Waals surface area contributed by atoms with Gasteiger partial charge < -0.3 is 20.2 Å². The van der Waals surface area contributed by atoms with Crippen molar-refractivity contribution in [1.82, 2.24) is 10.6 Å². The van der Waals surface area contributed by atoms with E-state index in [0.29, 0.717) is 23.9 Å². The number of amides is 2. The zero-order valence-electron chi connectivity index (χ0n) is 11.1. The Morgan fingerprint density at radius 2 is 2.10 bits per heavy atom. The molecule has 1 aliphatic carbocycles. The third-order valence-corrected chi connectivity index (χ3v) is 3.78. The molecule has 0 aromatic carbocycles. The molecule has 2 unspecified atom stereocenters. The zero-order valence-corrected chi connectivity index (χ0v) is 12.7. The number of carbonyl (C=O) groups is 3. The van der Waals surface area contributed by atoms with Gasteiger partial charge in [-0.25, -0.2) is 0 Å². The minimum Gasteiger partial charge on any atom is -0.481 e. The molecule has 1 saturated carbocycles. The van der Waals surface area contributed by atoms with E-state index in [4.69, 9.17) is 9.52 Å². The molecule has 1 aliphatic rings. The van der Waals surface area contributed by atoms with Crippen molar-refractivity contribution in [1.29, 1.82) is 0 Å². The molecule has 0 radical (unpaired) electrons. The van der Waals surface area contributed by atoms with Gasteiger partial charge in [0, 0.05) is 6.04 Å². The average Bonchev–Trinajstić information content (AvgIpc) is 3.05. The SMILES string of the molecule is O=C(CNC(=O)c1ccc(Br)o1)NC1CCC(C(=O)O)C1. The Labute approximate surface area is 129 Å². The van der Waals surface area contributed by atoms with Gasteiger partial charge in [0.2, 0.25) is 5.91 Å². The lowest BCUT2D eigenvalue weighted by molar-refractivity contribution is -0.141. The monoisotopic (exact) mass is 358 g/mol. The van der Waals surface area contributed by atoms with Crippen molar-refractivity contribution in [3.63, 3.8) is 0 Å². The summed E-state index contributed by atoms with van der Waals surface area (Å²) in [7, 11) is 0. The number of carboxylic acid groups (broad SMARTS) is 1. The van der Waals surface area contributed by atoms with E-state index in [0.717, 1.165) is 0 Å². The standard InChI is InChI=1S/C13H15BrN2O5/c14-10-4-3-9(21-10)12(18)15-6-11(17)16-8-2-1-7(5-8)13(19)20/h3-4,7-8H,1-2,5-6H2,(H,15,18)(H,16,17)(H,19,20). The van der Waals surface area contributed by atoms with E-state index in [2.05, 4.69) is 26.6 Å². The molecule has 0 spiro atoms. The van der Waals surface area contributed by atoms with Crippen molar-refractivity contribution < 1.29 is 23.9 Å². The topological polar surface area (TPSA) is 109 Å². The highest BCUT2D eigenvalue weighted by Crippen LogP contribution is 2.25. The fraction of sp³-hybridized carbons (Fsp3) is 0.462. The lowest BCUT2D eigenvalue weighted by Gasteiger charge is -2.12. The summed E-state index contributed by atoms with van der Waals surface area (Å²) < 4.78 is 5.49. The molecule has 1 fully saturated rings. The van der Waals surface area contributed by atoms with Gasteiger partial charge in [-0.3, -0.25) is 14.4 Å². The van der Waals surface area contributed by atoms with Crippen LogP contribution in [0.1, 0.15) is 29.8 Å². The third-order valence-electron chi connectivity index (χ3n) is 3.35. The molecule has 2 amide bonds. The maximum Gasteiger partial charge on any atom is 0.306 e. The molecule has 0 aliphatic heterocycles. The first-order chi connectivity index (χ1) is 9.95. The molecule has 7 nitrogen and oxygen atoms in total. The zero-order chi connectivity index (χ0) is 15.4. The van der Waals surface area contributed by atoms with Crippen LogP contribution >= 0.6 is 15.9 Å². The number of hydrogen-bond acceptors (Lipinski definition) is 4. The van der Waals surface area contributed by atoms with E-state index in [1.165, 1.54) is 6.07 Å². The second-order valence-corrected chi connectivity index (χ2v) is 5.68. The number of halogens is 1. The quantitative estimate of drug-likeness (QED) is 0.731. The van der Waals surface area contributed by atoms with Crippen LogP contribution in [0.4, 0.5) is 0 Å². The molecule has 0 bridgehead atoms. The van der Waals surface area contributed by atoms with Crippen molar-refractivity contribution in [3.8, 4) is 0 Å². The van der Waals surface area contributed by atoms with Gasteiger partial charge in [0.1, 0.15) is 0 Å². The fourth-order valence-corrected chi connectivity index (χ4v) is 2.61. The summed E-state index contributed by atoms with van der Waals surface area (Å²) in [5.74, 6) is -1.94. The van der Waals surface area contributed by atoms with E-state index in [-0.39, 0.29) is 24.3 Å². The summed E-state index contributed by atoms with van der Waals surface area (Å²) in [6.07, 6.45) is 1.63. The molecule has 2 rings (SSSR count). The first-order valence-corrected chi connectivity index (χ1v) is 7.30. The Kier molecular flexibility index (Phi) is 5.00. The summed E-state index contributed by atoms with van der Waals surface area (Å²) in [6, 6.07) is 2.93. The Morgan fingerprint density at radius 1 is 1.33 bits per heavy atom. The molecule has 114 valence electrons. The van der Waals surface area contributed by atoms with E-state index in [9.17, 15) is 14.4 Å². The number of carbonyl (C=O) groups excluding carboxylic acids is 2. The molecule has 1 heterocycles. The van der Waals surface area contributed by atoms with Crippen LogP contribution < -0.4 is 10.6 Å². The van der Waals surface area contributed by atoms with Crippen LogP contribution in [0.5, 0.6) is 0 Å². The highest BCUT2D eigenvalue weighted by atomic mass is 79.9. The second kappa shape index (κ2) is 6.75. The fourth-order valence-electron chi connectivity index (χ4n) is 2.30. The van der Waals surface area contributed by atoms with Crippen LogP contribution in [0.3, 0.4) is 0 Å². The normalized spacial score (nSPS) is 21.0. The van der Waals surface area contributed by atoms with Crippen molar-refractivity contribution in [2.24, 2.45) is 5.92 Å². The smallest absolute Gasteiger partial charge is 0.306 e. The van der Waals surface area contributed by atoms with E-state index in [1.54, 1.807) is 6.07 Å². The highest BCUT2D eigenvalue weighted by molar-refractivity contribution is 9.10. The van der Waals surface area contributed by atoms with E-state index >= 15 is 0 Å². The number of aliphatic carboxylic acids is 1. The predicted molar refractivity (Wildman–Crippen MR) is 75.6 cm³/mol. The Bertz CT molecular complexity index is 557. The van der Waals surface area contributed by atoms with Crippen molar-refractivity contribution in [2.75, 3.05) is 6.54 Å². The van der Waals surface area contributed by atoms with Crippen molar-refractivity contribution >= 4 is 33.7 Å². The number of rotatable bonds is 5. The lowest BCUT2D eigenvalue weighted by atomic mass is 10.1. The van der Waals surface area contributed by atoms with Crippen LogP contribution in [0.15, 0.2) is 21.2 Å². The Hall–Kier alpha value is -1.83. The third kappa shape index (κ3) is 4.32. The van der Waals surface area contributed by atoms with Crippen LogP contribution in [0, 0.1) is 5.92 Å². The van der Waals surface area contributed by atoms with Gasteiger partial charge >= 0.3 is 5.97 Å². The minimum atomic E-state index is -0.830. The molecular weight excluding hydrogens is 344 g/mol. The number of hydrogen-bond donors (Lipinski definition) is 3. The minimum absolute atomic E-state index is 0.112. The second-order valence-electron chi connectivity index (χ2n) is 4.90. The Balaban J connectivity index is 1.73. The largest absolute Gasteiger partial charge is 0.481 e. The van der Waals surface area contributed by atoms with Crippen LogP contribution in [-0.2, 0) is 9.59 Å². The molecule has 2 atom stereocenters. The highest BCUT2D eigenvalue weighted by Gasteiger charge is 2.30. The molecule has 21 heavy (non-hydrogen) atoms. The van der Waals surface area contributed by atoms with Gasteiger partial charge in [-0.05, 0) is 47.3 Å². The van der Waals surface area contributed by atoms with Crippen molar-refractivity contribution in [2.45, 2.75) is 25.3 Å². The molecule has 1 aromatic rings. The number of furan rings is 1. The molecule has 1 aromatic heterocycles. The average molecular weight is 359 g/mol. The summed E-state index contributed by atoms with van der Waals surface area (Å²) in [5.41, 5.74) is 0. The number of nitrogens with one attached hydrogen (secondary N) is 2. The van der Waals surface area contributed by atoms with Gasteiger partial charge in [-0.1, -0.05) is 0 Å². The molecular formula is C13H15BrN2O5. The molecule has 0 saturated heterocycles.